The molecule has 2 heterocycles. The molecule has 0 aromatic heterocycles. The number of fused-ring (bicyclic) bond motifs is 2. The Morgan fingerprint density at radius 3 is 2.96 bits per heavy atom. The lowest BCUT2D eigenvalue weighted by Gasteiger charge is -2.38. The monoisotopic (exact) mass is 392 g/mol. The number of hydrogen-bond donors (Lipinski definition) is 2. The molecule has 0 bridgehead atoms. The number of halogens is 2. The van der Waals surface area contributed by atoms with E-state index in [0.29, 0.717) is 41.8 Å². The van der Waals surface area contributed by atoms with Crippen molar-refractivity contribution >= 4 is 28.9 Å². The van der Waals surface area contributed by atoms with Gasteiger partial charge in [-0.1, -0.05) is 11.6 Å². The lowest BCUT2D eigenvalue weighted by atomic mass is 10.1. The molecule has 0 spiro atoms. The molecular formula is C19H18ClFN2O4. The van der Waals surface area contributed by atoms with Crippen molar-refractivity contribution in [1.29, 1.82) is 0 Å². The Labute approximate surface area is 160 Å². The van der Waals surface area contributed by atoms with Crippen LogP contribution in [-0.4, -0.2) is 36.9 Å². The molecule has 2 aromatic carbocycles. The normalized spacial score (nSPS) is 18.1. The summed E-state index contributed by atoms with van der Waals surface area (Å²) < 4.78 is 24.6. The molecule has 2 aliphatic heterocycles. The standard InChI is InChI=1S/C19H18ClFN2O4/c20-14-5-11(6-15-19(14)27-10-18(25)22-15)8-23-13(3-4-24)9-26-17-7-12(21)1-2-16(17)23/h1-2,5-7,13,24H,3-4,8-10H2,(H,22,25)/t13-/m0/s1. The molecule has 1 atom stereocenters. The number of aliphatic hydroxyl groups is 1. The second-order valence-electron chi connectivity index (χ2n) is 6.51. The lowest BCUT2D eigenvalue weighted by Crippen LogP contribution is -2.43. The number of carbonyl (C=O) groups excluding carboxylic acids is 1. The summed E-state index contributed by atoms with van der Waals surface area (Å²) >= 11 is 6.32. The minimum absolute atomic E-state index is 0.00982. The molecule has 2 aliphatic rings. The third-order valence-corrected chi connectivity index (χ3v) is 4.92. The number of carbonyl (C=O) groups is 1. The first-order chi connectivity index (χ1) is 13.0. The number of ether oxygens (including phenoxy) is 2. The van der Waals surface area contributed by atoms with Gasteiger partial charge in [-0.2, -0.15) is 0 Å². The Bertz CT molecular complexity index is 892. The summed E-state index contributed by atoms with van der Waals surface area (Å²) in [6, 6.07) is 7.92. The highest BCUT2D eigenvalue weighted by Gasteiger charge is 2.28. The highest BCUT2D eigenvalue weighted by Crippen LogP contribution is 2.39. The van der Waals surface area contributed by atoms with Crippen LogP contribution in [0.5, 0.6) is 11.5 Å². The zero-order valence-corrected chi connectivity index (χ0v) is 15.1. The van der Waals surface area contributed by atoms with Crippen LogP contribution in [0.2, 0.25) is 5.02 Å². The van der Waals surface area contributed by atoms with Crippen molar-refractivity contribution < 1.29 is 23.8 Å². The fourth-order valence-corrected chi connectivity index (χ4v) is 3.71. The molecule has 0 radical (unpaired) electrons. The van der Waals surface area contributed by atoms with E-state index in [1.54, 1.807) is 12.1 Å². The third-order valence-electron chi connectivity index (χ3n) is 4.64. The molecule has 2 aromatic rings. The van der Waals surface area contributed by atoms with Crippen molar-refractivity contribution in [3.8, 4) is 11.5 Å². The number of rotatable bonds is 4. The van der Waals surface area contributed by atoms with Gasteiger partial charge in [0.25, 0.3) is 5.91 Å². The largest absolute Gasteiger partial charge is 0.489 e. The van der Waals surface area contributed by atoms with Crippen LogP contribution in [0.3, 0.4) is 0 Å². The molecular weight excluding hydrogens is 375 g/mol. The SMILES string of the molecule is O=C1COc2c(Cl)cc(CN3c4ccc(F)cc4OC[C@@H]3CCO)cc2N1. The molecule has 27 heavy (non-hydrogen) atoms. The summed E-state index contributed by atoms with van der Waals surface area (Å²) in [5.74, 6) is 0.313. The maximum Gasteiger partial charge on any atom is 0.262 e. The number of benzene rings is 2. The highest BCUT2D eigenvalue weighted by molar-refractivity contribution is 6.32. The molecule has 0 unspecified atom stereocenters. The molecule has 6 nitrogen and oxygen atoms in total. The van der Waals surface area contributed by atoms with Crippen LogP contribution in [-0.2, 0) is 11.3 Å². The molecule has 8 heteroatoms. The average molecular weight is 393 g/mol. The number of hydrogen-bond acceptors (Lipinski definition) is 5. The first kappa shape index (κ1) is 17.9. The van der Waals surface area contributed by atoms with Crippen molar-refractivity contribution in [1.82, 2.24) is 0 Å². The van der Waals surface area contributed by atoms with E-state index < -0.39 is 0 Å². The van der Waals surface area contributed by atoms with Gasteiger partial charge in [0.15, 0.2) is 12.4 Å². The fraction of sp³-hybridized carbons (Fsp3) is 0.316. The zero-order chi connectivity index (χ0) is 19.0. The van der Waals surface area contributed by atoms with Gasteiger partial charge in [-0.15, -0.1) is 0 Å². The average Bonchev–Trinajstić information content (AvgIpc) is 2.63. The van der Waals surface area contributed by atoms with Gasteiger partial charge in [0.05, 0.1) is 22.4 Å². The van der Waals surface area contributed by atoms with Crippen LogP contribution in [0.25, 0.3) is 0 Å². The maximum absolute atomic E-state index is 13.6. The van der Waals surface area contributed by atoms with Gasteiger partial charge < -0.3 is 24.8 Å². The summed E-state index contributed by atoms with van der Waals surface area (Å²) in [5, 5.41) is 12.6. The minimum Gasteiger partial charge on any atom is -0.489 e. The number of anilines is 2. The van der Waals surface area contributed by atoms with E-state index >= 15 is 0 Å². The van der Waals surface area contributed by atoms with E-state index in [1.165, 1.54) is 12.1 Å². The third kappa shape index (κ3) is 3.52. The van der Waals surface area contributed by atoms with Crippen LogP contribution in [0, 0.1) is 5.82 Å². The highest BCUT2D eigenvalue weighted by atomic mass is 35.5. The van der Waals surface area contributed by atoms with Gasteiger partial charge >= 0.3 is 0 Å². The van der Waals surface area contributed by atoms with E-state index in [4.69, 9.17) is 21.1 Å². The topological polar surface area (TPSA) is 71.0 Å². The quantitative estimate of drug-likeness (QED) is 0.837. The molecule has 0 saturated heterocycles. The lowest BCUT2D eigenvalue weighted by molar-refractivity contribution is -0.118. The van der Waals surface area contributed by atoms with Crippen molar-refractivity contribution in [3.05, 3.63) is 46.7 Å². The Morgan fingerprint density at radius 2 is 2.15 bits per heavy atom. The molecule has 4 rings (SSSR count). The molecule has 2 N–H and O–H groups in total. The van der Waals surface area contributed by atoms with E-state index in [-0.39, 0.29) is 31.0 Å². The molecule has 0 fully saturated rings. The summed E-state index contributed by atoms with van der Waals surface area (Å²) in [4.78, 5) is 13.7. The first-order valence-electron chi connectivity index (χ1n) is 8.60. The predicted molar refractivity (Wildman–Crippen MR) is 99.1 cm³/mol. The number of nitrogens with zero attached hydrogens (tertiary/aromatic N) is 1. The Hall–Kier alpha value is -2.51. The number of nitrogens with one attached hydrogen (secondary N) is 1. The van der Waals surface area contributed by atoms with Gasteiger partial charge in [-0.3, -0.25) is 4.79 Å². The maximum atomic E-state index is 13.6. The molecule has 0 aliphatic carbocycles. The predicted octanol–water partition coefficient (Wildman–Crippen LogP) is 2.96. The van der Waals surface area contributed by atoms with E-state index in [0.717, 1.165) is 11.3 Å². The molecule has 0 saturated carbocycles. The Balaban J connectivity index is 1.68. The van der Waals surface area contributed by atoms with Crippen LogP contribution in [0.4, 0.5) is 15.8 Å². The van der Waals surface area contributed by atoms with Gasteiger partial charge in [-0.05, 0) is 36.2 Å². The van der Waals surface area contributed by atoms with Gasteiger partial charge in [0, 0.05) is 19.2 Å². The smallest absolute Gasteiger partial charge is 0.262 e. The van der Waals surface area contributed by atoms with E-state index in [1.807, 2.05) is 6.07 Å². The number of amides is 1. The van der Waals surface area contributed by atoms with E-state index in [2.05, 4.69) is 10.2 Å². The van der Waals surface area contributed by atoms with Crippen LogP contribution >= 0.6 is 11.6 Å². The van der Waals surface area contributed by atoms with Gasteiger partial charge in [0.1, 0.15) is 18.2 Å². The van der Waals surface area contributed by atoms with Gasteiger partial charge in [0.2, 0.25) is 0 Å². The van der Waals surface area contributed by atoms with Crippen LogP contribution in [0.15, 0.2) is 30.3 Å². The second kappa shape index (κ2) is 7.25. The summed E-state index contributed by atoms with van der Waals surface area (Å²) in [6.45, 7) is 0.744. The van der Waals surface area contributed by atoms with Crippen molar-refractivity contribution in [2.45, 2.75) is 19.0 Å². The summed E-state index contributed by atoms with van der Waals surface area (Å²) in [5.41, 5.74) is 2.12. The van der Waals surface area contributed by atoms with Crippen molar-refractivity contribution in [3.63, 3.8) is 0 Å². The Morgan fingerprint density at radius 1 is 1.30 bits per heavy atom. The van der Waals surface area contributed by atoms with Crippen LogP contribution < -0.4 is 19.7 Å². The molecule has 1 amide bonds. The first-order valence-corrected chi connectivity index (χ1v) is 8.98. The minimum atomic E-state index is -0.369. The summed E-state index contributed by atoms with van der Waals surface area (Å²) in [6.07, 6.45) is 0.509. The fourth-order valence-electron chi connectivity index (χ4n) is 3.42. The van der Waals surface area contributed by atoms with Gasteiger partial charge in [-0.25, -0.2) is 4.39 Å². The van der Waals surface area contributed by atoms with Crippen molar-refractivity contribution in [2.24, 2.45) is 0 Å². The zero-order valence-electron chi connectivity index (χ0n) is 14.4. The van der Waals surface area contributed by atoms with Crippen LogP contribution in [0.1, 0.15) is 12.0 Å². The van der Waals surface area contributed by atoms with E-state index in [9.17, 15) is 14.3 Å². The number of aliphatic hydroxyl groups excluding tert-OH is 1. The Kier molecular flexibility index (Phi) is 4.80. The summed E-state index contributed by atoms with van der Waals surface area (Å²) in [7, 11) is 0. The van der Waals surface area contributed by atoms with Crippen molar-refractivity contribution in [2.75, 3.05) is 30.0 Å². The molecule has 142 valence electrons. The second-order valence-corrected chi connectivity index (χ2v) is 6.92.